The molecule has 1 atom stereocenters. The van der Waals surface area contributed by atoms with E-state index in [2.05, 4.69) is 20.0 Å². The van der Waals surface area contributed by atoms with E-state index in [4.69, 9.17) is 4.74 Å². The standard InChI is InChI=1S/C19H26N6O2/c1-13-11-14(2)25(22-13)18-12-17(20-15(3)21-18)23-6-8-24(9-7-23)19(26)16-5-4-10-27-16/h11-12,16H,4-10H2,1-3H3. The van der Waals surface area contributed by atoms with E-state index in [0.717, 1.165) is 49.0 Å². The number of rotatable bonds is 3. The lowest BCUT2D eigenvalue weighted by molar-refractivity contribution is -0.141. The Labute approximate surface area is 159 Å². The normalized spacial score (nSPS) is 20.3. The Balaban J connectivity index is 1.48. The Morgan fingerprint density at radius 1 is 1.07 bits per heavy atom. The van der Waals surface area contributed by atoms with E-state index in [1.165, 1.54) is 0 Å². The predicted octanol–water partition coefficient (Wildman–Crippen LogP) is 1.42. The van der Waals surface area contributed by atoms with E-state index in [-0.39, 0.29) is 12.0 Å². The van der Waals surface area contributed by atoms with Crippen LogP contribution in [0.15, 0.2) is 12.1 Å². The van der Waals surface area contributed by atoms with Gasteiger partial charge in [0.25, 0.3) is 5.91 Å². The summed E-state index contributed by atoms with van der Waals surface area (Å²) in [5, 5.41) is 4.53. The first-order valence-electron chi connectivity index (χ1n) is 9.56. The molecule has 0 aromatic carbocycles. The Kier molecular flexibility index (Phi) is 4.82. The van der Waals surface area contributed by atoms with Gasteiger partial charge in [0.05, 0.1) is 5.69 Å². The molecule has 2 aliphatic rings. The topological polar surface area (TPSA) is 76.4 Å². The van der Waals surface area contributed by atoms with Gasteiger partial charge in [0.2, 0.25) is 0 Å². The number of piperazine rings is 1. The fourth-order valence-electron chi connectivity index (χ4n) is 3.80. The highest BCUT2D eigenvalue weighted by atomic mass is 16.5. The Morgan fingerprint density at radius 2 is 1.81 bits per heavy atom. The average Bonchev–Trinajstić information content (AvgIpc) is 3.30. The van der Waals surface area contributed by atoms with Gasteiger partial charge in [-0.1, -0.05) is 0 Å². The number of nitrogens with zero attached hydrogens (tertiary/aromatic N) is 6. The van der Waals surface area contributed by atoms with Gasteiger partial charge in [-0.2, -0.15) is 5.10 Å². The number of hydrogen-bond donors (Lipinski definition) is 0. The molecule has 2 aliphatic heterocycles. The third kappa shape index (κ3) is 3.66. The first-order chi connectivity index (χ1) is 13.0. The van der Waals surface area contributed by atoms with Crippen LogP contribution in [0.4, 0.5) is 5.82 Å². The van der Waals surface area contributed by atoms with Gasteiger partial charge in [0.15, 0.2) is 5.82 Å². The molecule has 0 aliphatic carbocycles. The van der Waals surface area contributed by atoms with Crippen LogP contribution in [0.3, 0.4) is 0 Å². The van der Waals surface area contributed by atoms with Gasteiger partial charge < -0.3 is 14.5 Å². The van der Waals surface area contributed by atoms with Crippen LogP contribution in [0.1, 0.15) is 30.1 Å². The monoisotopic (exact) mass is 370 g/mol. The number of aromatic nitrogens is 4. The van der Waals surface area contributed by atoms with E-state index in [9.17, 15) is 4.79 Å². The summed E-state index contributed by atoms with van der Waals surface area (Å²) in [4.78, 5) is 25.8. The van der Waals surface area contributed by atoms with Crippen LogP contribution in [-0.2, 0) is 9.53 Å². The first kappa shape index (κ1) is 17.9. The van der Waals surface area contributed by atoms with Crippen molar-refractivity contribution in [3.05, 3.63) is 29.3 Å². The third-order valence-corrected chi connectivity index (χ3v) is 5.16. The predicted molar refractivity (Wildman–Crippen MR) is 101 cm³/mol. The lowest BCUT2D eigenvalue weighted by Gasteiger charge is -2.36. The molecule has 144 valence electrons. The maximum atomic E-state index is 12.5. The molecule has 2 fully saturated rings. The summed E-state index contributed by atoms with van der Waals surface area (Å²) in [7, 11) is 0. The second-order valence-electron chi connectivity index (χ2n) is 7.28. The zero-order chi connectivity index (χ0) is 19.0. The average molecular weight is 370 g/mol. The second kappa shape index (κ2) is 7.26. The van der Waals surface area contributed by atoms with E-state index >= 15 is 0 Å². The van der Waals surface area contributed by atoms with E-state index < -0.39 is 0 Å². The summed E-state index contributed by atoms with van der Waals surface area (Å²) in [5.41, 5.74) is 2.01. The van der Waals surface area contributed by atoms with Crippen molar-refractivity contribution in [3.63, 3.8) is 0 Å². The highest BCUT2D eigenvalue weighted by Gasteiger charge is 2.30. The zero-order valence-corrected chi connectivity index (χ0v) is 16.2. The van der Waals surface area contributed by atoms with Crippen molar-refractivity contribution in [2.24, 2.45) is 0 Å². The van der Waals surface area contributed by atoms with Crippen molar-refractivity contribution >= 4 is 11.7 Å². The van der Waals surface area contributed by atoms with Crippen LogP contribution in [-0.4, -0.2) is 69.4 Å². The fraction of sp³-hybridized carbons (Fsp3) is 0.579. The molecule has 2 saturated heterocycles. The van der Waals surface area contributed by atoms with Gasteiger partial charge in [-0.25, -0.2) is 14.6 Å². The van der Waals surface area contributed by atoms with Crippen molar-refractivity contribution in [1.82, 2.24) is 24.6 Å². The van der Waals surface area contributed by atoms with Gasteiger partial charge in [0, 0.05) is 44.5 Å². The third-order valence-electron chi connectivity index (χ3n) is 5.16. The van der Waals surface area contributed by atoms with Crippen LogP contribution in [0.5, 0.6) is 0 Å². The number of carbonyl (C=O) groups is 1. The van der Waals surface area contributed by atoms with Gasteiger partial charge in [-0.3, -0.25) is 4.79 Å². The van der Waals surface area contributed by atoms with Crippen LogP contribution >= 0.6 is 0 Å². The highest BCUT2D eigenvalue weighted by molar-refractivity contribution is 5.81. The SMILES string of the molecule is Cc1cc(C)n(-c2cc(N3CCN(C(=O)C4CCCO4)CC3)nc(C)n2)n1. The lowest BCUT2D eigenvalue weighted by atomic mass is 10.2. The molecular formula is C19H26N6O2. The number of ether oxygens (including phenoxy) is 1. The summed E-state index contributed by atoms with van der Waals surface area (Å²) in [5.74, 6) is 2.51. The number of anilines is 1. The summed E-state index contributed by atoms with van der Waals surface area (Å²) < 4.78 is 7.39. The van der Waals surface area contributed by atoms with Gasteiger partial charge in [-0.15, -0.1) is 0 Å². The quantitative estimate of drug-likeness (QED) is 0.813. The molecule has 27 heavy (non-hydrogen) atoms. The molecular weight excluding hydrogens is 344 g/mol. The van der Waals surface area contributed by atoms with Crippen molar-refractivity contribution in [2.45, 2.75) is 39.7 Å². The second-order valence-corrected chi connectivity index (χ2v) is 7.28. The maximum Gasteiger partial charge on any atom is 0.251 e. The summed E-state index contributed by atoms with van der Waals surface area (Å²) in [6.45, 7) is 9.49. The molecule has 8 heteroatoms. The van der Waals surface area contributed by atoms with E-state index in [1.807, 2.05) is 42.5 Å². The molecule has 1 unspecified atom stereocenters. The molecule has 8 nitrogen and oxygen atoms in total. The molecule has 4 rings (SSSR count). The van der Waals surface area contributed by atoms with E-state index in [0.29, 0.717) is 25.5 Å². The zero-order valence-electron chi connectivity index (χ0n) is 16.2. The summed E-state index contributed by atoms with van der Waals surface area (Å²) in [6.07, 6.45) is 1.58. The van der Waals surface area contributed by atoms with Crippen molar-refractivity contribution in [1.29, 1.82) is 0 Å². The van der Waals surface area contributed by atoms with Crippen LogP contribution in [0.25, 0.3) is 5.82 Å². The van der Waals surface area contributed by atoms with Crippen LogP contribution in [0, 0.1) is 20.8 Å². The fourth-order valence-corrected chi connectivity index (χ4v) is 3.80. The largest absolute Gasteiger partial charge is 0.368 e. The van der Waals surface area contributed by atoms with Crippen LogP contribution in [0.2, 0.25) is 0 Å². The van der Waals surface area contributed by atoms with Gasteiger partial charge in [-0.05, 0) is 39.7 Å². The number of hydrogen-bond acceptors (Lipinski definition) is 6. The van der Waals surface area contributed by atoms with Crippen molar-refractivity contribution < 1.29 is 9.53 Å². The van der Waals surface area contributed by atoms with Gasteiger partial charge >= 0.3 is 0 Å². The summed E-state index contributed by atoms with van der Waals surface area (Å²) in [6, 6.07) is 4.01. The number of aryl methyl sites for hydroxylation is 3. The molecule has 2 aromatic heterocycles. The summed E-state index contributed by atoms with van der Waals surface area (Å²) >= 11 is 0. The van der Waals surface area contributed by atoms with Gasteiger partial charge in [0.1, 0.15) is 17.7 Å². The maximum absolute atomic E-state index is 12.5. The molecule has 0 saturated carbocycles. The molecule has 2 aromatic rings. The molecule has 0 spiro atoms. The van der Waals surface area contributed by atoms with Crippen LogP contribution < -0.4 is 4.90 Å². The molecule has 4 heterocycles. The molecule has 1 amide bonds. The van der Waals surface area contributed by atoms with E-state index in [1.54, 1.807) is 0 Å². The molecule has 0 radical (unpaired) electrons. The molecule has 0 bridgehead atoms. The smallest absolute Gasteiger partial charge is 0.251 e. The number of carbonyl (C=O) groups excluding carboxylic acids is 1. The highest BCUT2D eigenvalue weighted by Crippen LogP contribution is 2.20. The van der Waals surface area contributed by atoms with Crippen molar-refractivity contribution in [2.75, 3.05) is 37.7 Å². The Bertz CT molecular complexity index is 835. The minimum Gasteiger partial charge on any atom is -0.368 e. The minimum atomic E-state index is -0.240. The minimum absolute atomic E-state index is 0.134. The van der Waals surface area contributed by atoms with Crippen molar-refractivity contribution in [3.8, 4) is 5.82 Å². The Hall–Kier alpha value is -2.48. The first-order valence-corrected chi connectivity index (χ1v) is 9.56. The Morgan fingerprint density at radius 3 is 2.44 bits per heavy atom. The molecule has 0 N–H and O–H groups in total. The lowest BCUT2D eigenvalue weighted by Crippen LogP contribution is -2.51. The number of amides is 1.